The van der Waals surface area contributed by atoms with Crippen molar-refractivity contribution in [2.24, 2.45) is 0 Å². The Kier molecular flexibility index (Phi) is 10.2. The smallest absolute Gasteiger partial charge is 0.130 e. The van der Waals surface area contributed by atoms with Crippen LogP contribution in [0.4, 0.5) is 0 Å². The maximum absolute atomic E-state index is 4.76. The molecule has 0 heterocycles. The van der Waals surface area contributed by atoms with Crippen LogP contribution in [0.5, 0.6) is 0 Å². The van der Waals surface area contributed by atoms with Crippen LogP contribution in [0.25, 0.3) is 0 Å². The molecule has 4 heteroatoms. The summed E-state index contributed by atoms with van der Waals surface area (Å²) in [5, 5.41) is 3.02. The molecule has 0 rings (SSSR count). The first-order chi connectivity index (χ1) is 5.77. The van der Waals surface area contributed by atoms with Crippen molar-refractivity contribution in [3.05, 3.63) is 0 Å². The zero-order valence-electron chi connectivity index (χ0n) is 7.25. The van der Waals surface area contributed by atoms with E-state index in [0.29, 0.717) is 4.32 Å². The SMILES string of the molecule is S=C(S)NCCCCCCCS. The molecule has 0 radical (unpaired) electrons. The van der Waals surface area contributed by atoms with Gasteiger partial charge in [-0.3, -0.25) is 0 Å². The second kappa shape index (κ2) is 9.68. The maximum atomic E-state index is 4.76. The summed E-state index contributed by atoms with van der Waals surface area (Å²) in [5.41, 5.74) is 0. The first kappa shape index (κ1) is 12.6. The number of unbranched alkanes of at least 4 members (excludes halogenated alkanes) is 4. The quantitative estimate of drug-likeness (QED) is 0.348. The third-order valence-electron chi connectivity index (χ3n) is 1.61. The van der Waals surface area contributed by atoms with Gasteiger partial charge in [-0.15, -0.1) is 12.6 Å². The minimum atomic E-state index is 0.602. The minimum absolute atomic E-state index is 0.602. The number of thiol groups is 2. The number of rotatable bonds is 7. The van der Waals surface area contributed by atoms with Crippen LogP contribution in [-0.2, 0) is 0 Å². The summed E-state index contributed by atoms with van der Waals surface area (Å²) in [4.78, 5) is 0. The number of hydrogen-bond donors (Lipinski definition) is 3. The Bertz CT molecular complexity index is 117. The van der Waals surface area contributed by atoms with Gasteiger partial charge in [-0.25, -0.2) is 0 Å². The first-order valence-electron chi connectivity index (χ1n) is 4.35. The van der Waals surface area contributed by atoms with E-state index in [1.807, 2.05) is 0 Å². The zero-order valence-corrected chi connectivity index (χ0v) is 9.86. The van der Waals surface area contributed by atoms with Gasteiger partial charge in [0, 0.05) is 6.54 Å². The van der Waals surface area contributed by atoms with E-state index < -0.39 is 0 Å². The van der Waals surface area contributed by atoms with Gasteiger partial charge >= 0.3 is 0 Å². The standard InChI is InChI=1S/C8H17NS3/c10-7-5-3-1-2-4-6-9-8(11)12/h10H,1-7H2,(H2,9,11,12). The predicted molar refractivity (Wildman–Crippen MR) is 66.5 cm³/mol. The van der Waals surface area contributed by atoms with Crippen molar-refractivity contribution >= 4 is 41.8 Å². The van der Waals surface area contributed by atoms with Crippen LogP contribution in [0, 0.1) is 0 Å². The van der Waals surface area contributed by atoms with E-state index in [0.717, 1.165) is 12.3 Å². The number of thiocarbonyl (C=S) groups is 1. The highest BCUT2D eigenvalue weighted by molar-refractivity contribution is 8.11. The van der Waals surface area contributed by atoms with Crippen molar-refractivity contribution in [3.63, 3.8) is 0 Å². The summed E-state index contributed by atoms with van der Waals surface area (Å²) in [5.74, 6) is 1.01. The lowest BCUT2D eigenvalue weighted by Gasteiger charge is -2.02. The van der Waals surface area contributed by atoms with Crippen LogP contribution >= 0.6 is 37.5 Å². The summed E-state index contributed by atoms with van der Waals surface area (Å²) in [6.07, 6.45) is 6.31. The van der Waals surface area contributed by atoms with E-state index in [2.05, 4.69) is 30.6 Å². The molecule has 0 aliphatic carbocycles. The fourth-order valence-electron chi connectivity index (χ4n) is 0.962. The van der Waals surface area contributed by atoms with E-state index in [1.165, 1.54) is 32.1 Å². The monoisotopic (exact) mass is 223 g/mol. The maximum Gasteiger partial charge on any atom is 0.130 e. The zero-order chi connectivity index (χ0) is 9.23. The molecular weight excluding hydrogens is 206 g/mol. The Labute approximate surface area is 91.5 Å². The highest BCUT2D eigenvalue weighted by Gasteiger charge is 1.90. The van der Waals surface area contributed by atoms with Gasteiger partial charge in [-0.2, -0.15) is 12.6 Å². The van der Waals surface area contributed by atoms with Gasteiger partial charge in [0.05, 0.1) is 0 Å². The molecule has 0 saturated carbocycles. The molecule has 1 N–H and O–H groups in total. The van der Waals surface area contributed by atoms with Crippen LogP contribution in [0.2, 0.25) is 0 Å². The van der Waals surface area contributed by atoms with Gasteiger partial charge < -0.3 is 5.32 Å². The van der Waals surface area contributed by atoms with Crippen molar-refractivity contribution in [3.8, 4) is 0 Å². The molecule has 0 atom stereocenters. The Hall–Kier alpha value is 0.590. The first-order valence-corrected chi connectivity index (χ1v) is 5.84. The Balaban J connectivity index is 2.86. The number of nitrogens with one attached hydrogen (secondary N) is 1. The van der Waals surface area contributed by atoms with Crippen LogP contribution in [-0.4, -0.2) is 16.6 Å². The summed E-state index contributed by atoms with van der Waals surface area (Å²) >= 11 is 12.9. The largest absolute Gasteiger partial charge is 0.371 e. The average molecular weight is 223 g/mol. The molecule has 0 spiro atoms. The molecule has 0 aromatic heterocycles. The molecule has 0 unspecified atom stereocenters. The van der Waals surface area contributed by atoms with Crippen molar-refractivity contribution < 1.29 is 0 Å². The van der Waals surface area contributed by atoms with Crippen molar-refractivity contribution in [1.82, 2.24) is 5.32 Å². The highest BCUT2D eigenvalue weighted by atomic mass is 32.1. The fraction of sp³-hybridized carbons (Fsp3) is 0.875. The molecule has 0 saturated heterocycles. The molecule has 0 amide bonds. The van der Waals surface area contributed by atoms with E-state index in [4.69, 9.17) is 12.2 Å². The molecule has 0 bridgehead atoms. The topological polar surface area (TPSA) is 12.0 Å². The Morgan fingerprint density at radius 1 is 1.08 bits per heavy atom. The molecule has 1 nitrogen and oxygen atoms in total. The molecule has 0 aromatic rings. The van der Waals surface area contributed by atoms with Gasteiger partial charge in [0.25, 0.3) is 0 Å². The third-order valence-corrected chi connectivity index (χ3v) is 2.23. The Morgan fingerprint density at radius 3 is 2.25 bits per heavy atom. The van der Waals surface area contributed by atoms with Crippen molar-refractivity contribution in [2.75, 3.05) is 12.3 Å². The van der Waals surface area contributed by atoms with Crippen LogP contribution in [0.3, 0.4) is 0 Å². The van der Waals surface area contributed by atoms with E-state index in [-0.39, 0.29) is 0 Å². The number of hydrogen-bond acceptors (Lipinski definition) is 2. The van der Waals surface area contributed by atoms with Gasteiger partial charge in [0.15, 0.2) is 0 Å². The van der Waals surface area contributed by atoms with Gasteiger partial charge in [0.2, 0.25) is 0 Å². The minimum Gasteiger partial charge on any atom is -0.371 e. The molecule has 0 aliphatic heterocycles. The molecule has 72 valence electrons. The molecule has 0 fully saturated rings. The van der Waals surface area contributed by atoms with Crippen molar-refractivity contribution in [1.29, 1.82) is 0 Å². The lowest BCUT2D eigenvalue weighted by atomic mass is 10.1. The van der Waals surface area contributed by atoms with Gasteiger partial charge in [0.1, 0.15) is 4.32 Å². The molecular formula is C8H17NS3. The average Bonchev–Trinajstić information content (AvgIpc) is 2.02. The third kappa shape index (κ3) is 10.6. The van der Waals surface area contributed by atoms with Gasteiger partial charge in [-0.1, -0.05) is 31.5 Å². The van der Waals surface area contributed by atoms with Crippen molar-refractivity contribution in [2.45, 2.75) is 32.1 Å². The van der Waals surface area contributed by atoms with Crippen LogP contribution < -0.4 is 5.32 Å². The fourth-order valence-corrected chi connectivity index (χ4v) is 1.40. The van der Waals surface area contributed by atoms with Crippen LogP contribution in [0.15, 0.2) is 0 Å². The van der Waals surface area contributed by atoms with E-state index >= 15 is 0 Å². The Morgan fingerprint density at radius 2 is 1.67 bits per heavy atom. The highest BCUT2D eigenvalue weighted by Crippen LogP contribution is 2.02. The second-order valence-corrected chi connectivity index (χ2v) is 4.33. The lowest BCUT2D eigenvalue weighted by molar-refractivity contribution is 0.629. The van der Waals surface area contributed by atoms with Crippen LogP contribution in [0.1, 0.15) is 32.1 Å². The summed E-state index contributed by atoms with van der Waals surface area (Å²) in [6.45, 7) is 0.962. The molecule has 0 aromatic carbocycles. The molecule has 0 aliphatic rings. The van der Waals surface area contributed by atoms with E-state index in [1.54, 1.807) is 0 Å². The summed E-state index contributed by atoms with van der Waals surface area (Å²) in [6, 6.07) is 0. The van der Waals surface area contributed by atoms with Gasteiger partial charge in [-0.05, 0) is 18.6 Å². The summed E-state index contributed by atoms with van der Waals surface area (Å²) in [7, 11) is 0. The summed E-state index contributed by atoms with van der Waals surface area (Å²) < 4.78 is 0.602. The predicted octanol–water partition coefficient (Wildman–Crippen LogP) is 2.67. The van der Waals surface area contributed by atoms with E-state index in [9.17, 15) is 0 Å². The lowest BCUT2D eigenvalue weighted by Crippen LogP contribution is -2.17. The normalized spacial score (nSPS) is 9.83. The molecule has 12 heavy (non-hydrogen) atoms. The second-order valence-electron chi connectivity index (χ2n) is 2.72.